The van der Waals surface area contributed by atoms with E-state index in [1.54, 1.807) is 6.07 Å². The number of hydrogen-bond donors (Lipinski definition) is 1. The molecule has 0 aromatic heterocycles. The first-order chi connectivity index (χ1) is 9.40. The summed E-state index contributed by atoms with van der Waals surface area (Å²) in [5, 5.41) is 2.86. The SMILES string of the molecule is COCc1cc(C(=O)NC2CCC2)cc(S(=O)(=O)Cl)c1. The summed E-state index contributed by atoms with van der Waals surface area (Å²) in [5.41, 5.74) is 0.874. The molecule has 0 atom stereocenters. The van der Waals surface area contributed by atoms with E-state index in [0.717, 1.165) is 19.3 Å². The van der Waals surface area contributed by atoms with Gasteiger partial charge < -0.3 is 10.1 Å². The Hall–Kier alpha value is -1.11. The molecule has 0 saturated heterocycles. The molecule has 0 heterocycles. The third-order valence-corrected chi connectivity index (χ3v) is 4.59. The lowest BCUT2D eigenvalue weighted by molar-refractivity contribution is 0.0916. The van der Waals surface area contributed by atoms with Crippen molar-refractivity contribution in [2.45, 2.75) is 36.8 Å². The maximum Gasteiger partial charge on any atom is 0.261 e. The van der Waals surface area contributed by atoms with E-state index in [1.165, 1.54) is 19.2 Å². The number of carbonyl (C=O) groups excluding carboxylic acids is 1. The van der Waals surface area contributed by atoms with Gasteiger partial charge in [-0.25, -0.2) is 8.42 Å². The number of halogens is 1. The summed E-state index contributed by atoms with van der Waals surface area (Å²) < 4.78 is 27.9. The summed E-state index contributed by atoms with van der Waals surface area (Å²) in [4.78, 5) is 12.0. The molecule has 1 fully saturated rings. The van der Waals surface area contributed by atoms with Crippen LogP contribution in [0, 0.1) is 0 Å². The van der Waals surface area contributed by atoms with Crippen LogP contribution in [0.5, 0.6) is 0 Å². The van der Waals surface area contributed by atoms with Gasteiger partial charge in [0.05, 0.1) is 11.5 Å². The van der Waals surface area contributed by atoms with E-state index >= 15 is 0 Å². The second-order valence-electron chi connectivity index (χ2n) is 4.84. The van der Waals surface area contributed by atoms with Crippen molar-refractivity contribution in [2.24, 2.45) is 0 Å². The molecule has 1 aromatic carbocycles. The van der Waals surface area contributed by atoms with Crippen LogP contribution in [-0.4, -0.2) is 27.5 Å². The molecular weight excluding hydrogens is 302 g/mol. The van der Waals surface area contributed by atoms with Crippen LogP contribution < -0.4 is 5.32 Å². The molecule has 20 heavy (non-hydrogen) atoms. The zero-order valence-electron chi connectivity index (χ0n) is 11.1. The fourth-order valence-corrected chi connectivity index (χ4v) is 2.83. The maximum absolute atomic E-state index is 12.1. The van der Waals surface area contributed by atoms with E-state index in [4.69, 9.17) is 15.4 Å². The van der Waals surface area contributed by atoms with Gasteiger partial charge in [0.1, 0.15) is 0 Å². The first-order valence-corrected chi connectivity index (χ1v) is 8.59. The van der Waals surface area contributed by atoms with Crippen LogP contribution >= 0.6 is 10.7 Å². The number of nitrogens with one attached hydrogen (secondary N) is 1. The van der Waals surface area contributed by atoms with Gasteiger partial charge in [-0.2, -0.15) is 0 Å². The Balaban J connectivity index is 2.30. The molecule has 2 rings (SSSR count). The highest BCUT2D eigenvalue weighted by Gasteiger charge is 2.21. The van der Waals surface area contributed by atoms with E-state index in [9.17, 15) is 13.2 Å². The Morgan fingerprint density at radius 1 is 1.40 bits per heavy atom. The van der Waals surface area contributed by atoms with Crippen LogP contribution in [0.3, 0.4) is 0 Å². The van der Waals surface area contributed by atoms with Gasteiger partial charge in [0.15, 0.2) is 0 Å². The van der Waals surface area contributed by atoms with Crippen molar-refractivity contribution in [1.29, 1.82) is 0 Å². The number of methoxy groups -OCH3 is 1. The molecule has 0 unspecified atom stereocenters. The lowest BCUT2D eigenvalue weighted by Gasteiger charge is -2.26. The van der Waals surface area contributed by atoms with Crippen LogP contribution in [0.1, 0.15) is 35.2 Å². The lowest BCUT2D eigenvalue weighted by atomic mass is 9.93. The van der Waals surface area contributed by atoms with Crippen LogP contribution in [-0.2, 0) is 20.4 Å². The number of carbonyl (C=O) groups is 1. The van der Waals surface area contributed by atoms with E-state index in [0.29, 0.717) is 5.56 Å². The van der Waals surface area contributed by atoms with E-state index in [-0.39, 0.29) is 29.0 Å². The predicted octanol–water partition coefficient (Wildman–Crippen LogP) is 2.04. The van der Waals surface area contributed by atoms with Gasteiger partial charge in [0.25, 0.3) is 15.0 Å². The minimum atomic E-state index is -3.88. The smallest absolute Gasteiger partial charge is 0.261 e. The van der Waals surface area contributed by atoms with Crippen molar-refractivity contribution >= 4 is 25.6 Å². The molecule has 1 saturated carbocycles. The van der Waals surface area contributed by atoms with Crippen LogP contribution in [0.15, 0.2) is 23.1 Å². The summed E-state index contributed by atoms with van der Waals surface area (Å²) in [7, 11) is 2.96. The summed E-state index contributed by atoms with van der Waals surface area (Å²) in [6.07, 6.45) is 3.03. The average molecular weight is 318 g/mol. The molecule has 0 bridgehead atoms. The molecule has 1 aliphatic carbocycles. The Morgan fingerprint density at radius 2 is 2.10 bits per heavy atom. The zero-order chi connectivity index (χ0) is 14.8. The molecule has 5 nitrogen and oxygen atoms in total. The molecule has 0 aliphatic heterocycles. The number of ether oxygens (including phenoxy) is 1. The molecule has 7 heteroatoms. The lowest BCUT2D eigenvalue weighted by Crippen LogP contribution is -2.39. The number of amides is 1. The van der Waals surface area contributed by atoms with Crippen molar-refractivity contribution in [3.05, 3.63) is 29.3 Å². The van der Waals surface area contributed by atoms with Crippen molar-refractivity contribution in [3.8, 4) is 0 Å². The topological polar surface area (TPSA) is 72.5 Å². The molecule has 0 spiro atoms. The monoisotopic (exact) mass is 317 g/mol. The second-order valence-corrected chi connectivity index (χ2v) is 7.40. The van der Waals surface area contributed by atoms with Gasteiger partial charge in [-0.05, 0) is 43.0 Å². The van der Waals surface area contributed by atoms with E-state index in [2.05, 4.69) is 5.32 Å². The Bertz CT molecular complexity index is 611. The molecular formula is C13H16ClNO4S. The van der Waals surface area contributed by atoms with Crippen molar-refractivity contribution < 1.29 is 17.9 Å². The fraction of sp³-hybridized carbons (Fsp3) is 0.462. The van der Waals surface area contributed by atoms with Crippen molar-refractivity contribution in [1.82, 2.24) is 5.32 Å². The van der Waals surface area contributed by atoms with Gasteiger partial charge in [-0.15, -0.1) is 0 Å². The predicted molar refractivity (Wildman–Crippen MR) is 75.3 cm³/mol. The largest absolute Gasteiger partial charge is 0.380 e. The summed E-state index contributed by atoms with van der Waals surface area (Å²) >= 11 is 0. The van der Waals surface area contributed by atoms with Gasteiger partial charge in [-0.1, -0.05) is 0 Å². The highest BCUT2D eigenvalue weighted by atomic mass is 35.7. The molecule has 110 valence electrons. The van der Waals surface area contributed by atoms with Crippen LogP contribution in [0.2, 0.25) is 0 Å². The number of rotatable bonds is 5. The van der Waals surface area contributed by atoms with Gasteiger partial charge >= 0.3 is 0 Å². The number of hydrogen-bond acceptors (Lipinski definition) is 4. The zero-order valence-corrected chi connectivity index (χ0v) is 12.6. The minimum Gasteiger partial charge on any atom is -0.380 e. The highest BCUT2D eigenvalue weighted by molar-refractivity contribution is 8.13. The van der Waals surface area contributed by atoms with E-state index in [1.807, 2.05) is 0 Å². The molecule has 1 aliphatic rings. The van der Waals surface area contributed by atoms with Gasteiger partial charge in [0, 0.05) is 29.4 Å². The van der Waals surface area contributed by atoms with Crippen molar-refractivity contribution in [3.63, 3.8) is 0 Å². The summed E-state index contributed by atoms with van der Waals surface area (Å²) in [6.45, 7) is 0.212. The third-order valence-electron chi connectivity index (χ3n) is 3.26. The molecule has 1 amide bonds. The maximum atomic E-state index is 12.1. The highest BCUT2D eigenvalue weighted by Crippen LogP contribution is 2.22. The Morgan fingerprint density at radius 3 is 2.60 bits per heavy atom. The second kappa shape index (κ2) is 6.11. The quantitative estimate of drug-likeness (QED) is 0.844. The van der Waals surface area contributed by atoms with Crippen LogP contribution in [0.4, 0.5) is 0 Å². The van der Waals surface area contributed by atoms with Crippen LogP contribution in [0.25, 0.3) is 0 Å². The molecule has 1 aromatic rings. The first kappa shape index (κ1) is 15.3. The molecule has 1 N–H and O–H groups in total. The van der Waals surface area contributed by atoms with Gasteiger partial charge in [0.2, 0.25) is 0 Å². The Labute approximate surface area is 122 Å². The fourth-order valence-electron chi connectivity index (χ4n) is 2.00. The third kappa shape index (κ3) is 3.71. The summed E-state index contributed by atoms with van der Waals surface area (Å²) in [6, 6.07) is 4.49. The van der Waals surface area contributed by atoms with Gasteiger partial charge in [-0.3, -0.25) is 4.79 Å². The molecule has 0 radical (unpaired) electrons. The standard InChI is InChI=1S/C13H16ClNO4S/c1-19-8-9-5-10(7-12(6-9)20(14,17)18)13(16)15-11-3-2-4-11/h5-7,11H,2-4,8H2,1H3,(H,15,16). The first-order valence-electron chi connectivity index (χ1n) is 6.28. The minimum absolute atomic E-state index is 0.0903. The summed E-state index contributed by atoms with van der Waals surface area (Å²) in [5.74, 6) is -0.283. The average Bonchev–Trinajstić information content (AvgIpc) is 2.32. The van der Waals surface area contributed by atoms with Crippen molar-refractivity contribution in [2.75, 3.05) is 7.11 Å². The Kier molecular flexibility index (Phi) is 4.67. The normalized spacial score (nSPS) is 15.7. The number of benzene rings is 1. The van der Waals surface area contributed by atoms with E-state index < -0.39 is 9.05 Å².